The first-order valence-corrected chi connectivity index (χ1v) is 11.7. The highest BCUT2D eigenvalue weighted by atomic mass is 16.5. The van der Waals surface area contributed by atoms with Crippen LogP contribution < -0.4 is 10.2 Å². The van der Waals surface area contributed by atoms with Crippen molar-refractivity contribution in [1.29, 1.82) is 0 Å². The monoisotopic (exact) mass is 532 g/mol. The van der Waals surface area contributed by atoms with Gasteiger partial charge in [-0.1, -0.05) is 0 Å². The number of rotatable bonds is 2. The van der Waals surface area contributed by atoms with Crippen molar-refractivity contribution in [2.75, 3.05) is 0 Å². The fourth-order valence-electron chi connectivity index (χ4n) is 5.32. The molecule has 1 aliphatic heterocycles. The van der Waals surface area contributed by atoms with Gasteiger partial charge < -0.3 is 44.9 Å². The summed E-state index contributed by atoms with van der Waals surface area (Å²) in [5.41, 5.74) is -1.58. The third-order valence-electron chi connectivity index (χ3n) is 6.90. The summed E-state index contributed by atoms with van der Waals surface area (Å²) in [4.78, 5) is 26.0. The quantitative estimate of drug-likeness (QED) is 0.163. The number of carbonyl (C=O) groups excluding carboxylic acids is 1. The van der Waals surface area contributed by atoms with Crippen molar-refractivity contribution in [3.8, 4) is 51.4 Å². The molecule has 0 fully saturated rings. The molecule has 5 aromatic rings. The molecule has 1 aromatic heterocycles. The number of ether oxygens (including phenoxy) is 1. The fourth-order valence-corrected chi connectivity index (χ4v) is 5.32. The smallest absolute Gasteiger partial charge is 0.190 e. The second-order valence-electron chi connectivity index (χ2n) is 9.41. The lowest BCUT2D eigenvalue weighted by atomic mass is 9.88. The van der Waals surface area contributed by atoms with Gasteiger partial charge in [-0.3, -0.25) is 9.59 Å². The summed E-state index contributed by atoms with van der Waals surface area (Å²) in [6.07, 6.45) is -0.539. The van der Waals surface area contributed by atoms with E-state index in [0.29, 0.717) is 0 Å². The topological polar surface area (TPSA) is 198 Å². The van der Waals surface area contributed by atoms with Crippen molar-refractivity contribution in [1.82, 2.24) is 0 Å². The molecule has 7 N–H and O–H groups in total. The summed E-state index contributed by atoms with van der Waals surface area (Å²) >= 11 is 0. The third kappa shape index (κ3) is 3.33. The van der Waals surface area contributed by atoms with Crippen LogP contribution >= 0.6 is 0 Å². The number of phenolic OH excluding ortho intramolecular Hbond substituents is 5. The minimum atomic E-state index is -0.814. The zero-order valence-electron chi connectivity index (χ0n) is 20.1. The Morgan fingerprint density at radius 3 is 2.10 bits per heavy atom. The molecule has 11 heteroatoms. The highest BCUT2D eigenvalue weighted by molar-refractivity contribution is 6.18. The molecule has 0 spiro atoms. The highest BCUT2D eigenvalue weighted by Crippen LogP contribution is 2.52. The SMILES string of the molecule is C[C@@H]1CC(=O)c2c(cc3c(-c4c(=O)cc(O)c5c(O)c6c(O)cc(CO)oc6cc45)c(O)cc(O)c3c2O)O1. The van der Waals surface area contributed by atoms with Crippen LogP contribution in [0.25, 0.3) is 43.6 Å². The van der Waals surface area contributed by atoms with Gasteiger partial charge in [0.2, 0.25) is 0 Å². The fraction of sp³-hybridized carbons (Fsp3) is 0.143. The van der Waals surface area contributed by atoms with Crippen molar-refractivity contribution < 1.29 is 49.7 Å². The van der Waals surface area contributed by atoms with Gasteiger partial charge in [0, 0.05) is 46.5 Å². The average molecular weight is 532 g/mol. The Balaban J connectivity index is 1.82. The first-order chi connectivity index (χ1) is 18.5. The number of aromatic hydroxyl groups is 6. The lowest BCUT2D eigenvalue weighted by Gasteiger charge is -2.25. The van der Waals surface area contributed by atoms with E-state index in [-0.39, 0.29) is 67.1 Å². The minimum Gasteiger partial charge on any atom is -0.507 e. The molecule has 6 rings (SSSR count). The third-order valence-corrected chi connectivity index (χ3v) is 6.90. The van der Waals surface area contributed by atoms with Gasteiger partial charge in [-0.25, -0.2) is 0 Å². The second-order valence-corrected chi connectivity index (χ2v) is 9.41. The van der Waals surface area contributed by atoms with Crippen LogP contribution in [0, 0.1) is 0 Å². The molecule has 4 aromatic carbocycles. The molecule has 0 aliphatic carbocycles. The van der Waals surface area contributed by atoms with Crippen molar-refractivity contribution in [2.24, 2.45) is 0 Å². The van der Waals surface area contributed by atoms with E-state index in [0.717, 1.165) is 18.2 Å². The molecule has 0 bridgehead atoms. The maximum absolute atomic E-state index is 13.4. The molecule has 39 heavy (non-hydrogen) atoms. The Labute approximate surface area is 217 Å². The van der Waals surface area contributed by atoms with Crippen LogP contribution in [-0.2, 0) is 6.61 Å². The first-order valence-electron chi connectivity index (χ1n) is 11.7. The maximum Gasteiger partial charge on any atom is 0.190 e. The predicted molar refractivity (Wildman–Crippen MR) is 138 cm³/mol. The maximum atomic E-state index is 13.4. The van der Waals surface area contributed by atoms with Crippen LogP contribution in [-0.4, -0.2) is 47.6 Å². The number of aliphatic hydroxyl groups excluding tert-OH is 1. The standard InChI is InChI=1S/C28H20O11/c1-9-2-13(30)25-19(38-9)4-11-21(15(32)6-17(34)23(11)27(25)36)22-12-5-20-26(14(31)3-10(8-29)39-20)28(37)24(12)18(35)7-16(22)33/h3-7,9,29,31-32,34-37H,2,8H2,1H3/t9-/m1/s1. The second kappa shape index (κ2) is 8.17. The van der Waals surface area contributed by atoms with Crippen molar-refractivity contribution in [3.63, 3.8) is 0 Å². The number of Topliss-reactive ketones (excluding diaryl/α,β-unsaturated/α-hetero) is 1. The number of aliphatic hydroxyl groups is 1. The highest BCUT2D eigenvalue weighted by Gasteiger charge is 2.32. The van der Waals surface area contributed by atoms with Crippen LogP contribution in [0.4, 0.5) is 0 Å². The van der Waals surface area contributed by atoms with Crippen molar-refractivity contribution in [3.05, 3.63) is 51.9 Å². The Kier molecular flexibility index (Phi) is 5.07. The van der Waals surface area contributed by atoms with Crippen LogP contribution in [0.1, 0.15) is 29.5 Å². The lowest BCUT2D eigenvalue weighted by Crippen LogP contribution is -2.24. The zero-order valence-corrected chi connectivity index (χ0v) is 20.1. The molecule has 198 valence electrons. The Bertz CT molecular complexity index is 1970. The molecule has 0 saturated carbocycles. The van der Waals surface area contributed by atoms with Gasteiger partial charge in [-0.15, -0.1) is 0 Å². The lowest BCUT2D eigenvalue weighted by molar-refractivity contribution is 0.0867. The van der Waals surface area contributed by atoms with Crippen LogP contribution in [0.3, 0.4) is 0 Å². The van der Waals surface area contributed by atoms with Crippen LogP contribution in [0.5, 0.6) is 40.2 Å². The number of carbonyl (C=O) groups is 1. The molecule has 0 saturated heterocycles. The minimum absolute atomic E-state index is 0.0103. The summed E-state index contributed by atoms with van der Waals surface area (Å²) in [5, 5.41) is 73.4. The molecule has 0 radical (unpaired) electrons. The van der Waals surface area contributed by atoms with Crippen LogP contribution in [0.2, 0.25) is 0 Å². The van der Waals surface area contributed by atoms with E-state index in [2.05, 4.69) is 0 Å². The molecule has 0 unspecified atom stereocenters. The largest absolute Gasteiger partial charge is 0.507 e. The van der Waals surface area contributed by atoms with Gasteiger partial charge in [-0.2, -0.15) is 0 Å². The Morgan fingerprint density at radius 2 is 1.38 bits per heavy atom. The van der Waals surface area contributed by atoms with E-state index in [1.54, 1.807) is 6.92 Å². The van der Waals surface area contributed by atoms with E-state index in [9.17, 15) is 45.3 Å². The summed E-state index contributed by atoms with van der Waals surface area (Å²) in [6, 6.07) is 5.32. The first kappa shape index (κ1) is 24.2. The van der Waals surface area contributed by atoms with Gasteiger partial charge >= 0.3 is 0 Å². The molecular formula is C28H20O11. The van der Waals surface area contributed by atoms with E-state index in [4.69, 9.17) is 9.15 Å². The predicted octanol–water partition coefficient (Wildman–Crippen LogP) is 3.85. The molecule has 1 atom stereocenters. The summed E-state index contributed by atoms with van der Waals surface area (Å²) in [6.45, 7) is 1.06. The molecule has 0 amide bonds. The Morgan fingerprint density at radius 1 is 0.744 bits per heavy atom. The normalized spacial score (nSPS) is 15.1. The molecule has 11 nitrogen and oxygen atoms in total. The van der Waals surface area contributed by atoms with Crippen molar-refractivity contribution in [2.45, 2.75) is 26.1 Å². The van der Waals surface area contributed by atoms with Gasteiger partial charge in [-0.05, 0) is 19.1 Å². The molecular weight excluding hydrogens is 512 g/mol. The van der Waals surface area contributed by atoms with Gasteiger partial charge in [0.05, 0.1) is 10.8 Å². The average Bonchev–Trinajstić information content (AvgIpc) is 2.84. The van der Waals surface area contributed by atoms with E-state index in [1.807, 2.05) is 0 Å². The number of ketones is 1. The van der Waals surface area contributed by atoms with E-state index in [1.165, 1.54) is 12.1 Å². The number of phenols is 5. The Hall–Kier alpha value is -5.16. The van der Waals surface area contributed by atoms with Gasteiger partial charge in [0.25, 0.3) is 0 Å². The summed E-state index contributed by atoms with van der Waals surface area (Å²) in [5.74, 6) is -4.01. The molecule has 1 aliphatic rings. The summed E-state index contributed by atoms with van der Waals surface area (Å²) < 4.78 is 11.3. The number of benzene rings is 4. The van der Waals surface area contributed by atoms with E-state index < -0.39 is 58.4 Å². The number of hydrogen-bond acceptors (Lipinski definition) is 11. The van der Waals surface area contributed by atoms with E-state index >= 15 is 0 Å². The number of hydrogen-bond donors (Lipinski definition) is 7. The van der Waals surface area contributed by atoms with Crippen LogP contribution in [0.15, 0.2) is 39.5 Å². The van der Waals surface area contributed by atoms with Gasteiger partial charge in [0.1, 0.15) is 75.3 Å². The van der Waals surface area contributed by atoms with Crippen molar-refractivity contribution >= 4 is 38.3 Å². The summed E-state index contributed by atoms with van der Waals surface area (Å²) in [7, 11) is 0. The number of fused-ring (bicyclic) bond motifs is 4. The van der Waals surface area contributed by atoms with Gasteiger partial charge in [0.15, 0.2) is 11.2 Å². The zero-order chi connectivity index (χ0) is 27.9. The molecule has 2 heterocycles.